The van der Waals surface area contributed by atoms with E-state index in [0.717, 1.165) is 0 Å². The lowest BCUT2D eigenvalue weighted by molar-refractivity contribution is -0.115. The highest BCUT2D eigenvalue weighted by Crippen LogP contribution is 2.28. The van der Waals surface area contributed by atoms with Crippen LogP contribution in [-0.2, 0) is 4.79 Å². The molecule has 5 nitrogen and oxygen atoms in total. The Labute approximate surface area is 162 Å². The van der Waals surface area contributed by atoms with Gasteiger partial charge in [-0.15, -0.1) is 0 Å². The zero-order valence-electron chi connectivity index (χ0n) is 14.5. The van der Waals surface area contributed by atoms with Crippen molar-refractivity contribution in [1.29, 1.82) is 0 Å². The average molecular weight is 395 g/mol. The van der Waals surface area contributed by atoms with E-state index in [0.29, 0.717) is 39.6 Å². The van der Waals surface area contributed by atoms with Gasteiger partial charge in [-0.2, -0.15) is 0 Å². The number of carbonyl (C=O) groups is 2. The van der Waals surface area contributed by atoms with E-state index in [1.165, 1.54) is 6.07 Å². The molecule has 2 N–H and O–H groups in total. The van der Waals surface area contributed by atoms with Gasteiger partial charge >= 0.3 is 0 Å². The standard InChI is InChI=1S/C19H20Cl2N2O3/c1-12(2)11-26-17-7-6-15(9-16(17)21)23-18(24)10-22-19(25)13-4-3-5-14(20)8-13/h3-9,12H,10-11H2,1-2H3,(H,22,25)(H,23,24). The molecule has 0 saturated carbocycles. The summed E-state index contributed by atoms with van der Waals surface area (Å²) in [7, 11) is 0. The minimum atomic E-state index is -0.377. The van der Waals surface area contributed by atoms with Gasteiger partial charge in [-0.3, -0.25) is 9.59 Å². The molecule has 0 atom stereocenters. The number of carbonyl (C=O) groups excluding carboxylic acids is 2. The Kier molecular flexibility index (Phi) is 7.30. The summed E-state index contributed by atoms with van der Waals surface area (Å²) >= 11 is 12.0. The van der Waals surface area contributed by atoms with Gasteiger partial charge in [-0.1, -0.05) is 43.1 Å². The van der Waals surface area contributed by atoms with Crippen LogP contribution in [0.5, 0.6) is 5.75 Å². The maximum atomic E-state index is 12.0. The van der Waals surface area contributed by atoms with Crippen LogP contribution in [0.2, 0.25) is 10.0 Å². The molecule has 0 heterocycles. The van der Waals surface area contributed by atoms with Crippen LogP contribution in [0, 0.1) is 5.92 Å². The van der Waals surface area contributed by atoms with Crippen LogP contribution in [0.1, 0.15) is 24.2 Å². The Morgan fingerprint density at radius 2 is 1.88 bits per heavy atom. The smallest absolute Gasteiger partial charge is 0.251 e. The largest absolute Gasteiger partial charge is 0.492 e. The maximum Gasteiger partial charge on any atom is 0.251 e. The van der Waals surface area contributed by atoms with Gasteiger partial charge in [0.15, 0.2) is 0 Å². The maximum absolute atomic E-state index is 12.0. The van der Waals surface area contributed by atoms with Crippen molar-refractivity contribution in [3.8, 4) is 5.75 Å². The minimum absolute atomic E-state index is 0.172. The first-order chi connectivity index (χ1) is 12.3. The molecule has 2 aromatic rings. The van der Waals surface area contributed by atoms with Crippen molar-refractivity contribution in [3.05, 3.63) is 58.1 Å². The molecule has 0 aromatic heterocycles. The monoisotopic (exact) mass is 394 g/mol. The van der Waals surface area contributed by atoms with Gasteiger partial charge in [0, 0.05) is 16.3 Å². The fraction of sp³-hybridized carbons (Fsp3) is 0.263. The number of halogens is 2. The van der Waals surface area contributed by atoms with Crippen LogP contribution in [-0.4, -0.2) is 25.0 Å². The molecule has 0 aliphatic rings. The van der Waals surface area contributed by atoms with Crippen LogP contribution < -0.4 is 15.4 Å². The lowest BCUT2D eigenvalue weighted by Gasteiger charge is -2.12. The molecule has 2 rings (SSSR count). The number of nitrogens with one attached hydrogen (secondary N) is 2. The summed E-state index contributed by atoms with van der Waals surface area (Å²) < 4.78 is 5.58. The summed E-state index contributed by atoms with van der Waals surface area (Å²) in [6, 6.07) is 11.5. The molecule has 2 amide bonds. The van der Waals surface area contributed by atoms with Gasteiger partial charge in [-0.05, 0) is 42.3 Å². The summed E-state index contributed by atoms with van der Waals surface area (Å²) in [6.45, 7) is 4.47. The lowest BCUT2D eigenvalue weighted by Crippen LogP contribution is -2.32. The molecule has 7 heteroatoms. The molecule has 2 aromatic carbocycles. The first-order valence-corrected chi connectivity index (χ1v) is 8.86. The third kappa shape index (κ3) is 6.24. The van der Waals surface area contributed by atoms with Crippen molar-refractivity contribution in [2.75, 3.05) is 18.5 Å². The first kappa shape index (κ1) is 20.1. The predicted molar refractivity (Wildman–Crippen MR) is 104 cm³/mol. The first-order valence-electron chi connectivity index (χ1n) is 8.11. The second-order valence-corrected chi connectivity index (χ2v) is 6.93. The van der Waals surface area contributed by atoms with Crippen LogP contribution in [0.4, 0.5) is 5.69 Å². The summed E-state index contributed by atoms with van der Waals surface area (Å²) in [5.74, 6) is 0.201. The molecule has 0 saturated heterocycles. The van der Waals surface area contributed by atoms with E-state index in [4.69, 9.17) is 27.9 Å². The lowest BCUT2D eigenvalue weighted by atomic mass is 10.2. The molecule has 0 fully saturated rings. The summed E-state index contributed by atoms with van der Waals surface area (Å²) in [6.07, 6.45) is 0. The third-order valence-corrected chi connectivity index (χ3v) is 3.81. The molecule has 0 radical (unpaired) electrons. The molecule has 26 heavy (non-hydrogen) atoms. The zero-order valence-corrected chi connectivity index (χ0v) is 16.0. The van der Waals surface area contributed by atoms with Gasteiger partial charge in [0.2, 0.25) is 5.91 Å². The summed E-state index contributed by atoms with van der Waals surface area (Å²) in [4.78, 5) is 24.0. The normalized spacial score (nSPS) is 10.5. The van der Waals surface area contributed by atoms with Gasteiger partial charge < -0.3 is 15.4 Å². The fourth-order valence-electron chi connectivity index (χ4n) is 2.05. The summed E-state index contributed by atoms with van der Waals surface area (Å²) in [5, 5.41) is 6.07. The van der Waals surface area contributed by atoms with Crippen LogP contribution >= 0.6 is 23.2 Å². The topological polar surface area (TPSA) is 67.4 Å². The van der Waals surface area contributed by atoms with Gasteiger partial charge in [-0.25, -0.2) is 0 Å². The van der Waals surface area contributed by atoms with Crippen LogP contribution in [0.15, 0.2) is 42.5 Å². The second kappa shape index (κ2) is 9.46. The van der Waals surface area contributed by atoms with Crippen molar-refractivity contribution in [2.45, 2.75) is 13.8 Å². The molecule has 138 valence electrons. The van der Waals surface area contributed by atoms with Crippen molar-refractivity contribution >= 4 is 40.7 Å². The van der Waals surface area contributed by atoms with E-state index in [1.807, 2.05) is 13.8 Å². The zero-order chi connectivity index (χ0) is 19.1. The number of benzene rings is 2. The second-order valence-electron chi connectivity index (χ2n) is 6.09. The fourth-order valence-corrected chi connectivity index (χ4v) is 2.48. The Morgan fingerprint density at radius 3 is 2.54 bits per heavy atom. The molecular weight excluding hydrogens is 375 g/mol. The van der Waals surface area contributed by atoms with E-state index in [9.17, 15) is 9.59 Å². The van der Waals surface area contributed by atoms with E-state index >= 15 is 0 Å². The van der Waals surface area contributed by atoms with Gasteiger partial charge in [0.05, 0.1) is 18.2 Å². The summed E-state index contributed by atoms with van der Waals surface area (Å²) in [5.41, 5.74) is 0.911. The van der Waals surface area contributed by atoms with Crippen molar-refractivity contribution in [3.63, 3.8) is 0 Å². The number of anilines is 1. The van der Waals surface area contributed by atoms with E-state index < -0.39 is 0 Å². The number of ether oxygens (including phenoxy) is 1. The van der Waals surface area contributed by atoms with Gasteiger partial charge in [0.25, 0.3) is 5.91 Å². The number of hydrogen-bond acceptors (Lipinski definition) is 3. The highest BCUT2D eigenvalue weighted by atomic mass is 35.5. The molecule has 0 spiro atoms. The predicted octanol–water partition coefficient (Wildman–Crippen LogP) is 4.40. The molecule has 0 aliphatic carbocycles. The van der Waals surface area contributed by atoms with E-state index in [1.54, 1.807) is 36.4 Å². The SMILES string of the molecule is CC(C)COc1ccc(NC(=O)CNC(=O)c2cccc(Cl)c2)cc1Cl. The Bertz CT molecular complexity index is 794. The Morgan fingerprint density at radius 1 is 1.12 bits per heavy atom. The third-order valence-electron chi connectivity index (χ3n) is 3.28. The van der Waals surface area contributed by atoms with Crippen molar-refractivity contribution in [1.82, 2.24) is 5.32 Å². The van der Waals surface area contributed by atoms with E-state index in [2.05, 4.69) is 10.6 Å². The average Bonchev–Trinajstić information content (AvgIpc) is 2.58. The number of amides is 2. The highest BCUT2D eigenvalue weighted by molar-refractivity contribution is 6.32. The van der Waals surface area contributed by atoms with Gasteiger partial charge in [0.1, 0.15) is 5.75 Å². The van der Waals surface area contributed by atoms with Crippen molar-refractivity contribution < 1.29 is 14.3 Å². The Balaban J connectivity index is 1.87. The molecule has 0 aliphatic heterocycles. The van der Waals surface area contributed by atoms with Crippen LogP contribution in [0.3, 0.4) is 0 Å². The molecule has 0 unspecified atom stereocenters. The molecular formula is C19H20Cl2N2O3. The highest BCUT2D eigenvalue weighted by Gasteiger charge is 2.10. The Hall–Kier alpha value is -2.24. The van der Waals surface area contributed by atoms with Crippen molar-refractivity contribution in [2.24, 2.45) is 5.92 Å². The molecule has 0 bridgehead atoms. The quantitative estimate of drug-likeness (QED) is 0.731. The number of rotatable bonds is 7. The van der Waals surface area contributed by atoms with E-state index in [-0.39, 0.29) is 18.4 Å². The minimum Gasteiger partial charge on any atom is -0.492 e. The number of hydrogen-bond donors (Lipinski definition) is 2. The van der Waals surface area contributed by atoms with Crippen LogP contribution in [0.25, 0.3) is 0 Å².